The van der Waals surface area contributed by atoms with E-state index < -0.39 is 5.97 Å². The maximum Gasteiger partial charge on any atom is 0.320 e. The van der Waals surface area contributed by atoms with Gasteiger partial charge in [-0.2, -0.15) is 0 Å². The Bertz CT molecular complexity index is 489. The summed E-state index contributed by atoms with van der Waals surface area (Å²) in [5, 5.41) is 11.1. The normalized spacial score (nSPS) is 22.1. The SMILES string of the molecule is CCN(Cc1cccs1)C(=O)N1CCC(C(=O)O)CC1C. The van der Waals surface area contributed by atoms with Crippen LogP contribution in [0.1, 0.15) is 31.6 Å². The first-order valence-corrected chi connectivity index (χ1v) is 8.21. The molecule has 0 spiro atoms. The molecule has 2 unspecified atom stereocenters. The van der Waals surface area contributed by atoms with Crippen molar-refractivity contribution < 1.29 is 14.7 Å². The molecule has 1 aromatic heterocycles. The van der Waals surface area contributed by atoms with Crippen LogP contribution in [0.15, 0.2) is 17.5 Å². The average molecular weight is 310 g/mol. The van der Waals surface area contributed by atoms with Crippen LogP contribution in [0.3, 0.4) is 0 Å². The van der Waals surface area contributed by atoms with Crippen LogP contribution < -0.4 is 0 Å². The molecule has 0 saturated carbocycles. The van der Waals surface area contributed by atoms with Crippen molar-refractivity contribution in [2.75, 3.05) is 13.1 Å². The number of aliphatic carboxylic acids is 1. The van der Waals surface area contributed by atoms with Crippen molar-refractivity contribution >= 4 is 23.3 Å². The standard InChI is InChI=1S/C15H22N2O3S/c1-3-16(10-13-5-4-8-21-13)15(20)17-7-6-12(14(18)19)9-11(17)2/h4-5,8,11-12H,3,6-7,9-10H2,1-2H3,(H,18,19). The predicted molar refractivity (Wildman–Crippen MR) is 82.3 cm³/mol. The summed E-state index contributed by atoms with van der Waals surface area (Å²) in [7, 11) is 0. The van der Waals surface area contributed by atoms with Crippen molar-refractivity contribution in [2.24, 2.45) is 5.92 Å². The number of carbonyl (C=O) groups excluding carboxylic acids is 1. The molecule has 2 heterocycles. The highest BCUT2D eigenvalue weighted by Gasteiger charge is 2.33. The van der Waals surface area contributed by atoms with Gasteiger partial charge in [0, 0.05) is 24.0 Å². The molecule has 0 aliphatic carbocycles. The van der Waals surface area contributed by atoms with E-state index in [1.165, 1.54) is 4.88 Å². The molecule has 2 rings (SSSR count). The zero-order chi connectivity index (χ0) is 15.4. The van der Waals surface area contributed by atoms with Crippen molar-refractivity contribution in [3.05, 3.63) is 22.4 Å². The van der Waals surface area contributed by atoms with Crippen LogP contribution in [-0.2, 0) is 11.3 Å². The lowest BCUT2D eigenvalue weighted by Crippen LogP contribution is -2.51. The maximum absolute atomic E-state index is 12.7. The third kappa shape index (κ3) is 3.75. The van der Waals surface area contributed by atoms with Crippen LogP contribution in [0.25, 0.3) is 0 Å². The van der Waals surface area contributed by atoms with Gasteiger partial charge in [-0.05, 0) is 38.1 Å². The molecule has 1 aliphatic heterocycles. The Morgan fingerprint density at radius 3 is 2.81 bits per heavy atom. The van der Waals surface area contributed by atoms with Gasteiger partial charge in [-0.25, -0.2) is 4.79 Å². The van der Waals surface area contributed by atoms with E-state index in [2.05, 4.69) is 0 Å². The van der Waals surface area contributed by atoms with Gasteiger partial charge in [0.1, 0.15) is 0 Å². The average Bonchev–Trinajstić information content (AvgIpc) is 2.96. The van der Waals surface area contributed by atoms with E-state index in [4.69, 9.17) is 5.11 Å². The first-order valence-electron chi connectivity index (χ1n) is 7.33. The number of carboxylic acid groups (broad SMARTS) is 1. The Labute approximate surface area is 129 Å². The monoisotopic (exact) mass is 310 g/mol. The fourth-order valence-electron chi connectivity index (χ4n) is 2.77. The second-order valence-electron chi connectivity index (χ2n) is 5.48. The van der Waals surface area contributed by atoms with Crippen molar-refractivity contribution in [2.45, 2.75) is 39.3 Å². The summed E-state index contributed by atoms with van der Waals surface area (Å²) in [6, 6.07) is 4.01. The second kappa shape index (κ2) is 6.93. The topological polar surface area (TPSA) is 60.9 Å². The highest BCUT2D eigenvalue weighted by atomic mass is 32.1. The summed E-state index contributed by atoms with van der Waals surface area (Å²) in [5.41, 5.74) is 0. The van der Waals surface area contributed by atoms with Gasteiger partial charge >= 0.3 is 12.0 Å². The number of carbonyl (C=O) groups is 2. The fourth-order valence-corrected chi connectivity index (χ4v) is 3.49. The highest BCUT2D eigenvalue weighted by Crippen LogP contribution is 2.24. The van der Waals surface area contributed by atoms with Crippen LogP contribution in [0.2, 0.25) is 0 Å². The Morgan fingerprint density at radius 2 is 2.29 bits per heavy atom. The molecule has 5 nitrogen and oxygen atoms in total. The molecular formula is C15H22N2O3S. The van der Waals surface area contributed by atoms with Gasteiger partial charge in [0.05, 0.1) is 12.5 Å². The van der Waals surface area contributed by atoms with Crippen molar-refractivity contribution in [3.8, 4) is 0 Å². The van der Waals surface area contributed by atoms with E-state index in [0.717, 1.165) is 0 Å². The number of rotatable bonds is 4. The number of nitrogens with zero attached hydrogens (tertiary/aromatic N) is 2. The van der Waals surface area contributed by atoms with Crippen molar-refractivity contribution in [3.63, 3.8) is 0 Å². The molecule has 2 atom stereocenters. The number of carboxylic acids is 1. The lowest BCUT2D eigenvalue weighted by Gasteiger charge is -2.39. The van der Waals surface area contributed by atoms with Gasteiger partial charge in [-0.3, -0.25) is 4.79 Å². The third-order valence-corrected chi connectivity index (χ3v) is 4.91. The maximum atomic E-state index is 12.7. The molecule has 21 heavy (non-hydrogen) atoms. The van der Waals surface area contributed by atoms with Crippen LogP contribution in [0, 0.1) is 5.92 Å². The summed E-state index contributed by atoms with van der Waals surface area (Å²) >= 11 is 1.65. The van der Waals surface area contributed by atoms with E-state index in [0.29, 0.717) is 32.5 Å². The summed E-state index contributed by atoms with van der Waals surface area (Å²) in [4.78, 5) is 28.5. The molecule has 1 aliphatic rings. The van der Waals surface area contributed by atoms with Gasteiger partial charge in [0.2, 0.25) is 0 Å². The van der Waals surface area contributed by atoms with E-state index in [1.807, 2.05) is 41.2 Å². The smallest absolute Gasteiger partial charge is 0.320 e. The number of amides is 2. The summed E-state index contributed by atoms with van der Waals surface area (Å²) in [6.07, 6.45) is 1.08. The molecule has 0 bridgehead atoms. The summed E-state index contributed by atoms with van der Waals surface area (Å²) in [5.74, 6) is -1.07. The van der Waals surface area contributed by atoms with E-state index in [1.54, 1.807) is 11.3 Å². The lowest BCUT2D eigenvalue weighted by atomic mass is 9.92. The van der Waals surface area contributed by atoms with Crippen LogP contribution in [0.5, 0.6) is 0 Å². The van der Waals surface area contributed by atoms with Gasteiger partial charge in [0.15, 0.2) is 0 Å². The van der Waals surface area contributed by atoms with Gasteiger partial charge in [-0.15, -0.1) is 11.3 Å². The van der Waals surface area contributed by atoms with Crippen LogP contribution in [0.4, 0.5) is 4.79 Å². The first kappa shape index (κ1) is 15.8. The van der Waals surface area contributed by atoms with E-state index in [9.17, 15) is 9.59 Å². The van der Waals surface area contributed by atoms with E-state index >= 15 is 0 Å². The quantitative estimate of drug-likeness (QED) is 0.930. The van der Waals surface area contributed by atoms with Gasteiger partial charge < -0.3 is 14.9 Å². The molecule has 1 saturated heterocycles. The molecule has 1 fully saturated rings. The predicted octanol–water partition coefficient (Wildman–Crippen LogP) is 2.88. The first-order chi connectivity index (χ1) is 10.0. The molecule has 2 amide bonds. The number of piperidine rings is 1. The van der Waals surface area contributed by atoms with Crippen LogP contribution >= 0.6 is 11.3 Å². The molecule has 6 heteroatoms. The van der Waals surface area contributed by atoms with Crippen LogP contribution in [-0.4, -0.2) is 46.0 Å². The summed E-state index contributed by atoms with van der Waals surface area (Å²) < 4.78 is 0. The number of likely N-dealkylation sites (tertiary alicyclic amines) is 1. The van der Waals surface area contributed by atoms with Crippen molar-refractivity contribution in [1.29, 1.82) is 0 Å². The number of hydrogen-bond acceptors (Lipinski definition) is 3. The molecule has 0 aromatic carbocycles. The highest BCUT2D eigenvalue weighted by molar-refractivity contribution is 7.09. The summed E-state index contributed by atoms with van der Waals surface area (Å²) in [6.45, 7) is 5.71. The molecule has 116 valence electrons. The molecule has 1 aromatic rings. The minimum absolute atomic E-state index is 0.0160. The largest absolute Gasteiger partial charge is 0.481 e. The lowest BCUT2D eigenvalue weighted by molar-refractivity contribution is -0.143. The molecule has 0 radical (unpaired) electrons. The number of thiophene rings is 1. The van der Waals surface area contributed by atoms with Gasteiger partial charge in [-0.1, -0.05) is 6.07 Å². The Morgan fingerprint density at radius 1 is 1.52 bits per heavy atom. The zero-order valence-electron chi connectivity index (χ0n) is 12.5. The fraction of sp³-hybridized carbons (Fsp3) is 0.600. The molecular weight excluding hydrogens is 288 g/mol. The van der Waals surface area contributed by atoms with E-state index in [-0.39, 0.29) is 18.0 Å². The number of hydrogen-bond donors (Lipinski definition) is 1. The second-order valence-corrected chi connectivity index (χ2v) is 6.51. The van der Waals surface area contributed by atoms with Crippen molar-refractivity contribution in [1.82, 2.24) is 9.80 Å². The Balaban J connectivity index is 1.99. The zero-order valence-corrected chi connectivity index (χ0v) is 13.3. The minimum atomic E-state index is -0.750. The Kier molecular flexibility index (Phi) is 5.22. The minimum Gasteiger partial charge on any atom is -0.481 e. The Hall–Kier alpha value is -1.56. The third-order valence-electron chi connectivity index (χ3n) is 4.05. The van der Waals surface area contributed by atoms with Gasteiger partial charge in [0.25, 0.3) is 0 Å². The molecule has 1 N–H and O–H groups in total. The number of urea groups is 1.